The number of carbonyl (C=O) groups is 1. The zero-order valence-corrected chi connectivity index (χ0v) is 13.2. The van der Waals surface area contributed by atoms with Crippen LogP contribution in [-0.2, 0) is 4.74 Å². The summed E-state index contributed by atoms with van der Waals surface area (Å²) in [6.07, 6.45) is 6.01. The molecule has 22 heavy (non-hydrogen) atoms. The Hall–Kier alpha value is -2.49. The first kappa shape index (κ1) is 15.9. The Bertz CT molecular complexity index is 635. The minimum absolute atomic E-state index is 0.502. The van der Waals surface area contributed by atoms with Gasteiger partial charge in [0.05, 0.1) is 11.4 Å². The van der Waals surface area contributed by atoms with Crippen molar-refractivity contribution in [2.24, 2.45) is 5.73 Å². The predicted molar refractivity (Wildman–Crippen MR) is 88.8 cm³/mol. The van der Waals surface area contributed by atoms with Crippen molar-refractivity contribution in [2.75, 3.05) is 0 Å². The minimum atomic E-state index is -0.540. The van der Waals surface area contributed by atoms with E-state index in [0.29, 0.717) is 17.8 Å². The zero-order chi connectivity index (χ0) is 16.2. The van der Waals surface area contributed by atoms with Gasteiger partial charge in [-0.15, -0.1) is 0 Å². The molecule has 0 atom stereocenters. The van der Waals surface area contributed by atoms with Crippen LogP contribution in [0.25, 0.3) is 5.57 Å². The molecule has 0 saturated carbocycles. The summed E-state index contributed by atoms with van der Waals surface area (Å²) >= 11 is 0. The zero-order valence-electron chi connectivity index (χ0n) is 13.2. The summed E-state index contributed by atoms with van der Waals surface area (Å²) < 4.78 is 5.25. The van der Waals surface area contributed by atoms with Crippen LogP contribution in [0.1, 0.15) is 32.8 Å². The van der Waals surface area contributed by atoms with Gasteiger partial charge in [-0.1, -0.05) is 42.5 Å². The van der Waals surface area contributed by atoms with Crippen LogP contribution in [-0.4, -0.2) is 11.7 Å². The lowest BCUT2D eigenvalue weighted by atomic mass is 10.0. The van der Waals surface area contributed by atoms with Crippen LogP contribution in [0.2, 0.25) is 0 Å². The molecule has 1 aromatic carbocycles. The SMILES string of the molecule is CC(C)(C)OC(=O)NC1=CCC=C(c2ccccc2)C=C1N. The number of hydrogen-bond donors (Lipinski definition) is 2. The smallest absolute Gasteiger partial charge is 0.412 e. The molecule has 1 aromatic rings. The number of carbonyl (C=O) groups excluding carboxylic acids is 1. The molecule has 0 spiro atoms. The van der Waals surface area contributed by atoms with Gasteiger partial charge < -0.3 is 10.5 Å². The monoisotopic (exact) mass is 298 g/mol. The number of hydrogen-bond acceptors (Lipinski definition) is 3. The molecule has 0 heterocycles. The van der Waals surface area contributed by atoms with Crippen molar-refractivity contribution >= 4 is 11.7 Å². The highest BCUT2D eigenvalue weighted by Crippen LogP contribution is 2.22. The lowest BCUT2D eigenvalue weighted by molar-refractivity contribution is 0.0547. The quantitative estimate of drug-likeness (QED) is 0.874. The van der Waals surface area contributed by atoms with E-state index in [4.69, 9.17) is 10.5 Å². The largest absolute Gasteiger partial charge is 0.444 e. The minimum Gasteiger partial charge on any atom is -0.444 e. The van der Waals surface area contributed by atoms with Crippen molar-refractivity contribution in [3.05, 3.63) is 65.5 Å². The summed E-state index contributed by atoms with van der Waals surface area (Å²) in [5.74, 6) is 0. The van der Waals surface area contributed by atoms with Gasteiger partial charge in [-0.3, -0.25) is 5.32 Å². The number of benzene rings is 1. The van der Waals surface area contributed by atoms with Gasteiger partial charge in [-0.2, -0.15) is 0 Å². The van der Waals surface area contributed by atoms with Gasteiger partial charge >= 0.3 is 6.09 Å². The van der Waals surface area contributed by atoms with Gasteiger partial charge in [0, 0.05) is 0 Å². The highest BCUT2D eigenvalue weighted by Gasteiger charge is 2.18. The molecule has 1 aliphatic rings. The fraction of sp³-hybridized carbons (Fsp3) is 0.278. The summed E-state index contributed by atoms with van der Waals surface area (Å²) in [6.45, 7) is 5.47. The second-order valence-electron chi connectivity index (χ2n) is 6.11. The number of allylic oxidation sites excluding steroid dienone is 4. The van der Waals surface area contributed by atoms with Crippen molar-refractivity contribution in [1.29, 1.82) is 0 Å². The van der Waals surface area contributed by atoms with Gasteiger partial charge in [0.2, 0.25) is 0 Å². The molecule has 0 unspecified atom stereocenters. The molecule has 1 aliphatic carbocycles. The van der Waals surface area contributed by atoms with E-state index in [9.17, 15) is 4.79 Å². The Morgan fingerprint density at radius 1 is 1.18 bits per heavy atom. The first-order valence-electron chi connectivity index (χ1n) is 7.28. The molecule has 0 aliphatic heterocycles. The normalized spacial score (nSPS) is 15.1. The first-order valence-corrected chi connectivity index (χ1v) is 7.28. The van der Waals surface area contributed by atoms with Crippen molar-refractivity contribution in [3.8, 4) is 0 Å². The van der Waals surface area contributed by atoms with Crippen molar-refractivity contribution in [2.45, 2.75) is 32.8 Å². The maximum Gasteiger partial charge on any atom is 0.412 e. The van der Waals surface area contributed by atoms with Crippen LogP contribution < -0.4 is 11.1 Å². The molecule has 116 valence electrons. The van der Waals surface area contributed by atoms with Crippen molar-refractivity contribution in [1.82, 2.24) is 5.32 Å². The average Bonchev–Trinajstić information content (AvgIpc) is 2.60. The van der Waals surface area contributed by atoms with E-state index in [0.717, 1.165) is 11.1 Å². The molecule has 0 fully saturated rings. The number of rotatable bonds is 2. The Balaban J connectivity index is 2.11. The van der Waals surface area contributed by atoms with Crippen LogP contribution >= 0.6 is 0 Å². The molecule has 4 heteroatoms. The van der Waals surface area contributed by atoms with E-state index < -0.39 is 11.7 Å². The van der Waals surface area contributed by atoms with E-state index in [2.05, 4.69) is 11.4 Å². The number of amides is 1. The molecule has 0 radical (unpaired) electrons. The van der Waals surface area contributed by atoms with Gasteiger partial charge in [0.1, 0.15) is 5.60 Å². The highest BCUT2D eigenvalue weighted by atomic mass is 16.6. The second-order valence-corrected chi connectivity index (χ2v) is 6.11. The third-order valence-corrected chi connectivity index (χ3v) is 3.02. The molecule has 2 rings (SSSR count). The summed E-state index contributed by atoms with van der Waals surface area (Å²) in [5.41, 5.74) is 8.78. The molecule has 0 aromatic heterocycles. The van der Waals surface area contributed by atoms with Crippen LogP contribution in [0.15, 0.2) is 60.0 Å². The maximum absolute atomic E-state index is 11.9. The average molecular weight is 298 g/mol. The van der Waals surface area contributed by atoms with Gasteiger partial charge in [0.25, 0.3) is 0 Å². The van der Waals surface area contributed by atoms with Crippen LogP contribution in [0.4, 0.5) is 4.79 Å². The predicted octanol–water partition coefficient (Wildman–Crippen LogP) is 3.72. The number of nitrogens with two attached hydrogens (primary N) is 1. The molecule has 4 nitrogen and oxygen atoms in total. The molecule has 0 bridgehead atoms. The van der Waals surface area contributed by atoms with E-state index in [-0.39, 0.29) is 0 Å². The third-order valence-electron chi connectivity index (χ3n) is 3.02. The standard InChI is InChI=1S/C18H22N2O2/c1-18(2,3)22-17(21)20-16-11-7-10-14(12-15(16)19)13-8-5-4-6-9-13/h4-6,8-12H,7,19H2,1-3H3,(H,20,21). The summed E-state index contributed by atoms with van der Waals surface area (Å²) in [7, 11) is 0. The van der Waals surface area contributed by atoms with E-state index in [1.807, 2.05) is 63.3 Å². The van der Waals surface area contributed by atoms with E-state index >= 15 is 0 Å². The fourth-order valence-electron chi connectivity index (χ4n) is 2.09. The Labute approximate surface area is 131 Å². The van der Waals surface area contributed by atoms with Gasteiger partial charge in [-0.05, 0) is 44.4 Å². The highest BCUT2D eigenvalue weighted by molar-refractivity contribution is 5.78. The van der Waals surface area contributed by atoms with Crippen LogP contribution in [0.3, 0.4) is 0 Å². The lowest BCUT2D eigenvalue weighted by Crippen LogP contribution is -2.33. The molecule has 1 amide bonds. The summed E-state index contributed by atoms with van der Waals surface area (Å²) in [6, 6.07) is 10.0. The van der Waals surface area contributed by atoms with E-state index in [1.165, 1.54) is 0 Å². The third kappa shape index (κ3) is 4.52. The van der Waals surface area contributed by atoms with Crippen LogP contribution in [0.5, 0.6) is 0 Å². The molecule has 3 N–H and O–H groups in total. The van der Waals surface area contributed by atoms with E-state index in [1.54, 1.807) is 0 Å². The Kier molecular flexibility index (Phi) is 4.71. The molecular weight excluding hydrogens is 276 g/mol. The Morgan fingerprint density at radius 3 is 2.50 bits per heavy atom. The maximum atomic E-state index is 11.9. The molecule has 0 saturated heterocycles. The molecular formula is C18H22N2O2. The number of ether oxygens (including phenoxy) is 1. The topological polar surface area (TPSA) is 64.3 Å². The lowest BCUT2D eigenvalue weighted by Gasteiger charge is -2.20. The number of alkyl carbamates (subject to hydrolysis) is 1. The van der Waals surface area contributed by atoms with Crippen molar-refractivity contribution in [3.63, 3.8) is 0 Å². The second kappa shape index (κ2) is 6.52. The fourth-order valence-corrected chi connectivity index (χ4v) is 2.09. The van der Waals surface area contributed by atoms with Crippen molar-refractivity contribution < 1.29 is 9.53 Å². The van der Waals surface area contributed by atoms with Crippen LogP contribution in [0, 0.1) is 0 Å². The van der Waals surface area contributed by atoms with Gasteiger partial charge in [0.15, 0.2) is 0 Å². The summed E-state index contributed by atoms with van der Waals surface area (Å²) in [4.78, 5) is 11.9. The van der Waals surface area contributed by atoms with Gasteiger partial charge in [-0.25, -0.2) is 4.79 Å². The summed E-state index contributed by atoms with van der Waals surface area (Å²) in [5, 5.41) is 2.71. The number of nitrogens with one attached hydrogen (secondary N) is 1. The Morgan fingerprint density at radius 2 is 1.86 bits per heavy atom. The first-order chi connectivity index (χ1) is 10.3.